The number of rotatable bonds is 4. The van der Waals surface area contributed by atoms with Crippen LogP contribution in [-0.4, -0.2) is 15.7 Å². The Morgan fingerprint density at radius 3 is 2.67 bits per heavy atom. The van der Waals surface area contributed by atoms with Gasteiger partial charge in [0.2, 0.25) is 0 Å². The molecule has 1 aromatic heterocycles. The number of esters is 1. The van der Waals surface area contributed by atoms with Crippen LogP contribution in [0.25, 0.3) is 0 Å². The van der Waals surface area contributed by atoms with Crippen molar-refractivity contribution in [2.75, 3.05) is 5.73 Å². The second-order valence-electron chi connectivity index (χ2n) is 4.54. The number of nitrogen functional groups attached to an aromatic ring is 1. The number of nitrogens with zero attached hydrogens (tertiary/aromatic N) is 2. The molecule has 0 atom stereocenters. The zero-order valence-corrected chi connectivity index (χ0v) is 13.2. The van der Waals surface area contributed by atoms with E-state index in [0.29, 0.717) is 0 Å². The average Bonchev–Trinajstić information content (AvgIpc) is 2.82. The number of hydrogen-bond acceptors (Lipinski definition) is 4. The van der Waals surface area contributed by atoms with Crippen molar-refractivity contribution < 1.29 is 9.53 Å². The van der Waals surface area contributed by atoms with Gasteiger partial charge in [-0.2, -0.15) is 5.10 Å². The molecule has 2 N–H and O–H groups in total. The molecule has 0 bridgehead atoms. The summed E-state index contributed by atoms with van der Waals surface area (Å²) in [6.45, 7) is 2.14. The van der Waals surface area contributed by atoms with Gasteiger partial charge in [-0.1, -0.05) is 30.1 Å². The Bertz CT molecular complexity index is 660. The van der Waals surface area contributed by atoms with E-state index in [4.69, 9.17) is 33.7 Å². The Labute approximate surface area is 132 Å². The third-order valence-electron chi connectivity index (χ3n) is 3.03. The third kappa shape index (κ3) is 3.49. The number of nitrogens with two attached hydrogens (primary N) is 1. The fraction of sp³-hybridized carbons (Fsp3) is 0.286. The molecule has 0 fully saturated rings. The molecule has 112 valence electrons. The molecule has 0 amide bonds. The lowest BCUT2D eigenvalue weighted by atomic mass is 10.2. The van der Waals surface area contributed by atoms with Gasteiger partial charge in [0.25, 0.3) is 0 Å². The minimum Gasteiger partial charge on any atom is -0.456 e. The largest absolute Gasteiger partial charge is 0.456 e. The summed E-state index contributed by atoms with van der Waals surface area (Å²) in [5.41, 5.74) is 7.94. The maximum Gasteiger partial charge on any atom is 0.338 e. The molecule has 7 heteroatoms. The summed E-state index contributed by atoms with van der Waals surface area (Å²) >= 11 is 11.7. The van der Waals surface area contributed by atoms with Crippen LogP contribution in [-0.2, 0) is 24.8 Å². The van der Waals surface area contributed by atoms with E-state index in [2.05, 4.69) is 5.10 Å². The van der Waals surface area contributed by atoms with Crippen molar-refractivity contribution in [1.82, 2.24) is 9.78 Å². The predicted molar refractivity (Wildman–Crippen MR) is 82.6 cm³/mol. The number of benzene rings is 1. The number of aryl methyl sites for hydroxylation is 2. The molecular weight excluding hydrogens is 313 g/mol. The molecule has 0 unspecified atom stereocenters. The van der Waals surface area contributed by atoms with Crippen LogP contribution in [0.1, 0.15) is 28.7 Å². The first-order valence-corrected chi connectivity index (χ1v) is 7.11. The predicted octanol–water partition coefficient (Wildman–Crippen LogP) is 3.23. The highest BCUT2D eigenvalue weighted by Crippen LogP contribution is 2.29. The highest BCUT2D eigenvalue weighted by Gasteiger charge is 2.14. The van der Waals surface area contributed by atoms with Crippen LogP contribution >= 0.6 is 23.2 Å². The van der Waals surface area contributed by atoms with Crippen molar-refractivity contribution in [3.63, 3.8) is 0 Å². The summed E-state index contributed by atoms with van der Waals surface area (Å²) in [4.78, 5) is 12.0. The summed E-state index contributed by atoms with van der Waals surface area (Å²) in [6.07, 6.45) is 0.825. The van der Waals surface area contributed by atoms with E-state index >= 15 is 0 Å². The molecule has 0 aliphatic rings. The quantitative estimate of drug-likeness (QED) is 0.691. The molecule has 1 heterocycles. The van der Waals surface area contributed by atoms with Gasteiger partial charge in [0, 0.05) is 7.05 Å². The maximum atomic E-state index is 12.0. The van der Waals surface area contributed by atoms with E-state index in [1.807, 2.05) is 13.0 Å². The smallest absolute Gasteiger partial charge is 0.338 e. The molecule has 0 saturated carbocycles. The number of aromatic nitrogens is 2. The molecule has 0 aliphatic carbocycles. The van der Waals surface area contributed by atoms with Crippen LogP contribution in [0.3, 0.4) is 0 Å². The lowest BCUT2D eigenvalue weighted by molar-refractivity contribution is 0.0463. The number of ether oxygens (including phenoxy) is 1. The van der Waals surface area contributed by atoms with Crippen LogP contribution in [0.5, 0.6) is 0 Å². The van der Waals surface area contributed by atoms with Crippen molar-refractivity contribution in [3.8, 4) is 0 Å². The number of carbonyl (C=O) groups excluding carboxylic acids is 1. The van der Waals surface area contributed by atoms with E-state index in [-0.39, 0.29) is 27.9 Å². The first-order chi connectivity index (χ1) is 9.92. The fourth-order valence-corrected chi connectivity index (χ4v) is 2.17. The number of carbonyl (C=O) groups is 1. The standard InChI is InChI=1S/C14H15Cl2N3O2/c1-3-9-6-10(19(2)18-9)7-21-14(20)8-4-11(15)13(16)12(17)5-8/h4-6H,3,7,17H2,1-2H3. The minimum atomic E-state index is -0.514. The highest BCUT2D eigenvalue weighted by molar-refractivity contribution is 6.43. The van der Waals surface area contributed by atoms with Crippen LogP contribution in [0.4, 0.5) is 5.69 Å². The average molecular weight is 328 g/mol. The first kappa shape index (κ1) is 15.7. The van der Waals surface area contributed by atoms with E-state index in [9.17, 15) is 4.79 Å². The number of hydrogen-bond donors (Lipinski definition) is 1. The van der Waals surface area contributed by atoms with Gasteiger partial charge in [-0.25, -0.2) is 4.79 Å². The Balaban J connectivity index is 2.09. The van der Waals surface area contributed by atoms with Crippen molar-refractivity contribution in [1.29, 1.82) is 0 Å². The zero-order valence-electron chi connectivity index (χ0n) is 11.7. The SMILES string of the molecule is CCc1cc(COC(=O)c2cc(N)c(Cl)c(Cl)c2)n(C)n1. The zero-order chi connectivity index (χ0) is 15.6. The van der Waals surface area contributed by atoms with E-state index < -0.39 is 5.97 Å². The molecule has 2 aromatic rings. The lowest BCUT2D eigenvalue weighted by Gasteiger charge is -2.07. The molecule has 0 radical (unpaired) electrons. The van der Waals surface area contributed by atoms with Crippen molar-refractivity contribution in [2.24, 2.45) is 7.05 Å². The molecular formula is C14H15Cl2N3O2. The van der Waals surface area contributed by atoms with Gasteiger partial charge in [0.15, 0.2) is 0 Å². The first-order valence-electron chi connectivity index (χ1n) is 6.35. The molecule has 0 aliphatic heterocycles. The molecule has 2 rings (SSSR count). The molecule has 0 saturated heterocycles. The van der Waals surface area contributed by atoms with Crippen molar-refractivity contribution >= 4 is 34.9 Å². The third-order valence-corrected chi connectivity index (χ3v) is 3.85. The molecule has 21 heavy (non-hydrogen) atoms. The van der Waals surface area contributed by atoms with E-state index in [0.717, 1.165) is 17.8 Å². The Morgan fingerprint density at radius 2 is 2.10 bits per heavy atom. The lowest BCUT2D eigenvalue weighted by Crippen LogP contribution is -2.08. The normalized spacial score (nSPS) is 10.7. The van der Waals surface area contributed by atoms with Gasteiger partial charge in [-0.3, -0.25) is 4.68 Å². The number of anilines is 1. The number of halogens is 2. The van der Waals surface area contributed by atoms with E-state index in [1.165, 1.54) is 12.1 Å². The Morgan fingerprint density at radius 1 is 1.38 bits per heavy atom. The molecule has 0 spiro atoms. The van der Waals surface area contributed by atoms with Crippen LogP contribution in [0.15, 0.2) is 18.2 Å². The van der Waals surface area contributed by atoms with Crippen LogP contribution in [0, 0.1) is 0 Å². The fourth-order valence-electron chi connectivity index (χ4n) is 1.83. The van der Waals surface area contributed by atoms with Gasteiger partial charge < -0.3 is 10.5 Å². The van der Waals surface area contributed by atoms with Gasteiger partial charge in [0.05, 0.1) is 32.7 Å². The van der Waals surface area contributed by atoms with E-state index in [1.54, 1.807) is 11.7 Å². The Kier molecular flexibility index (Phi) is 4.75. The Hall–Kier alpha value is -1.72. The van der Waals surface area contributed by atoms with Gasteiger partial charge in [-0.05, 0) is 24.6 Å². The highest BCUT2D eigenvalue weighted by atomic mass is 35.5. The summed E-state index contributed by atoms with van der Waals surface area (Å²) < 4.78 is 6.94. The molecule has 5 nitrogen and oxygen atoms in total. The van der Waals surface area contributed by atoms with Gasteiger partial charge >= 0.3 is 5.97 Å². The van der Waals surface area contributed by atoms with Crippen molar-refractivity contribution in [3.05, 3.63) is 45.2 Å². The molecule has 1 aromatic carbocycles. The monoisotopic (exact) mass is 327 g/mol. The van der Waals surface area contributed by atoms with Crippen LogP contribution in [0.2, 0.25) is 10.0 Å². The second-order valence-corrected chi connectivity index (χ2v) is 5.33. The summed E-state index contributed by atoms with van der Waals surface area (Å²) in [5.74, 6) is -0.514. The second kappa shape index (κ2) is 6.37. The van der Waals surface area contributed by atoms with Gasteiger partial charge in [-0.15, -0.1) is 0 Å². The summed E-state index contributed by atoms with van der Waals surface area (Å²) in [5, 5.41) is 4.74. The van der Waals surface area contributed by atoms with Crippen LogP contribution < -0.4 is 5.73 Å². The van der Waals surface area contributed by atoms with Gasteiger partial charge in [0.1, 0.15) is 6.61 Å². The summed E-state index contributed by atoms with van der Waals surface area (Å²) in [6, 6.07) is 4.77. The maximum absolute atomic E-state index is 12.0. The van der Waals surface area contributed by atoms with Crippen molar-refractivity contribution in [2.45, 2.75) is 20.0 Å². The minimum absolute atomic E-state index is 0.127. The topological polar surface area (TPSA) is 70.1 Å². The summed E-state index contributed by atoms with van der Waals surface area (Å²) in [7, 11) is 1.81.